The lowest BCUT2D eigenvalue weighted by Gasteiger charge is -2.30. The molecule has 1 atom stereocenters. The Morgan fingerprint density at radius 1 is 1.29 bits per heavy atom. The van der Waals surface area contributed by atoms with Gasteiger partial charge < -0.3 is 10.1 Å². The van der Waals surface area contributed by atoms with Crippen molar-refractivity contribution in [1.29, 1.82) is 0 Å². The Kier molecular flexibility index (Phi) is 3.27. The molecule has 1 aromatic carbocycles. The van der Waals surface area contributed by atoms with E-state index in [1.165, 1.54) is 0 Å². The quantitative estimate of drug-likeness (QED) is 0.873. The molecule has 5 nitrogen and oxygen atoms in total. The molecule has 2 aromatic rings. The summed E-state index contributed by atoms with van der Waals surface area (Å²) in [4.78, 5) is 12.3. The first-order chi connectivity index (χ1) is 11.4. The average molecular weight is 323 g/mol. The van der Waals surface area contributed by atoms with Crippen LogP contribution in [-0.2, 0) is 10.3 Å². The molecule has 0 saturated heterocycles. The molecule has 0 bridgehead atoms. The van der Waals surface area contributed by atoms with Crippen LogP contribution in [-0.4, -0.2) is 22.3 Å². The summed E-state index contributed by atoms with van der Waals surface area (Å²) in [5.41, 5.74) is 3.07. The van der Waals surface area contributed by atoms with Crippen molar-refractivity contribution in [3.05, 3.63) is 47.2 Å². The van der Waals surface area contributed by atoms with Gasteiger partial charge in [-0.2, -0.15) is 5.10 Å². The highest BCUT2D eigenvalue weighted by Gasteiger charge is 2.34. The fourth-order valence-corrected chi connectivity index (χ4v) is 3.39. The van der Waals surface area contributed by atoms with Crippen molar-refractivity contribution >= 4 is 17.8 Å². The molecule has 3 heterocycles. The zero-order valence-corrected chi connectivity index (χ0v) is 14.2. The zero-order chi connectivity index (χ0) is 16.9. The molecule has 124 valence electrons. The van der Waals surface area contributed by atoms with E-state index in [-0.39, 0.29) is 17.4 Å². The van der Waals surface area contributed by atoms with E-state index >= 15 is 0 Å². The Hall–Kier alpha value is -2.56. The standard InChI is InChI=1S/C19H21N3O2/c1-19(2,3)22-18-15(10-20-22)14(9-17(23)21-18)13-8-12-6-4-5-7-16(12)24-11-13/h4-8,10,14H,9,11H2,1-3H3,(H,21,23). The van der Waals surface area contributed by atoms with E-state index in [1.54, 1.807) is 0 Å². The fourth-order valence-electron chi connectivity index (χ4n) is 3.39. The summed E-state index contributed by atoms with van der Waals surface area (Å²) in [5, 5.41) is 7.52. The summed E-state index contributed by atoms with van der Waals surface area (Å²) in [6.07, 6.45) is 4.46. The number of nitrogens with one attached hydrogen (secondary N) is 1. The summed E-state index contributed by atoms with van der Waals surface area (Å²) in [6, 6.07) is 7.98. The molecule has 4 rings (SSSR count). The van der Waals surface area contributed by atoms with E-state index < -0.39 is 0 Å². The predicted octanol–water partition coefficient (Wildman–Crippen LogP) is 3.54. The molecule has 5 heteroatoms. The predicted molar refractivity (Wildman–Crippen MR) is 93.1 cm³/mol. The molecule has 2 aliphatic rings. The smallest absolute Gasteiger partial charge is 0.226 e. The van der Waals surface area contributed by atoms with Gasteiger partial charge in [0.15, 0.2) is 0 Å². The first kappa shape index (κ1) is 15.0. The molecule has 1 amide bonds. The zero-order valence-electron chi connectivity index (χ0n) is 14.2. The van der Waals surface area contributed by atoms with Gasteiger partial charge in [-0.25, -0.2) is 4.68 Å². The van der Waals surface area contributed by atoms with Crippen molar-refractivity contribution < 1.29 is 9.53 Å². The Labute approximate surface area is 141 Å². The number of aromatic nitrogens is 2. The van der Waals surface area contributed by atoms with Gasteiger partial charge in [0, 0.05) is 23.5 Å². The number of hydrogen-bond donors (Lipinski definition) is 1. The van der Waals surface area contributed by atoms with Gasteiger partial charge in [-0.15, -0.1) is 0 Å². The van der Waals surface area contributed by atoms with Crippen LogP contribution in [0.4, 0.5) is 5.82 Å². The highest BCUT2D eigenvalue weighted by atomic mass is 16.5. The lowest BCUT2D eigenvalue weighted by atomic mass is 9.85. The number of hydrogen-bond acceptors (Lipinski definition) is 3. The second kappa shape index (κ2) is 5.23. The largest absolute Gasteiger partial charge is 0.489 e. The summed E-state index contributed by atoms with van der Waals surface area (Å²) >= 11 is 0. The number of anilines is 1. The molecule has 1 unspecified atom stereocenters. The number of carbonyl (C=O) groups is 1. The second-order valence-corrected chi connectivity index (χ2v) is 7.38. The van der Waals surface area contributed by atoms with Gasteiger partial charge >= 0.3 is 0 Å². The van der Waals surface area contributed by atoms with Crippen LogP contribution in [0.15, 0.2) is 36.0 Å². The Morgan fingerprint density at radius 2 is 2.08 bits per heavy atom. The van der Waals surface area contributed by atoms with E-state index in [0.717, 1.165) is 28.3 Å². The molecule has 1 aromatic heterocycles. The van der Waals surface area contributed by atoms with E-state index in [0.29, 0.717) is 13.0 Å². The molecule has 24 heavy (non-hydrogen) atoms. The summed E-state index contributed by atoms with van der Waals surface area (Å²) in [7, 11) is 0. The van der Waals surface area contributed by atoms with Crippen LogP contribution < -0.4 is 10.1 Å². The molecule has 2 aliphatic heterocycles. The first-order valence-corrected chi connectivity index (χ1v) is 8.24. The van der Waals surface area contributed by atoms with Gasteiger partial charge in [0.25, 0.3) is 0 Å². The van der Waals surface area contributed by atoms with Gasteiger partial charge in [0.1, 0.15) is 18.2 Å². The van der Waals surface area contributed by atoms with Gasteiger partial charge in [0.2, 0.25) is 5.91 Å². The van der Waals surface area contributed by atoms with Crippen molar-refractivity contribution in [2.45, 2.75) is 38.6 Å². The monoisotopic (exact) mass is 323 g/mol. The number of fused-ring (bicyclic) bond motifs is 2. The summed E-state index contributed by atoms with van der Waals surface area (Å²) < 4.78 is 7.78. The summed E-state index contributed by atoms with van der Waals surface area (Å²) in [6.45, 7) is 6.74. The van der Waals surface area contributed by atoms with Crippen LogP contribution in [0.25, 0.3) is 6.08 Å². The molecule has 0 fully saturated rings. The summed E-state index contributed by atoms with van der Waals surface area (Å²) in [5.74, 6) is 1.74. The minimum Gasteiger partial charge on any atom is -0.489 e. The average Bonchev–Trinajstić information content (AvgIpc) is 2.97. The van der Waals surface area contributed by atoms with Crippen molar-refractivity contribution in [3.63, 3.8) is 0 Å². The lowest BCUT2D eigenvalue weighted by Crippen LogP contribution is -2.31. The van der Waals surface area contributed by atoms with Gasteiger partial charge in [0.05, 0.1) is 11.7 Å². The molecule has 0 spiro atoms. The highest BCUT2D eigenvalue weighted by molar-refractivity contribution is 5.94. The Bertz CT molecular complexity index is 843. The normalized spacial score (nSPS) is 19.7. The van der Waals surface area contributed by atoms with Crippen molar-refractivity contribution in [2.75, 3.05) is 11.9 Å². The minimum atomic E-state index is -0.188. The lowest BCUT2D eigenvalue weighted by molar-refractivity contribution is -0.116. The third-order valence-corrected chi connectivity index (χ3v) is 4.56. The van der Waals surface area contributed by atoms with E-state index in [9.17, 15) is 4.79 Å². The van der Waals surface area contributed by atoms with Crippen LogP contribution >= 0.6 is 0 Å². The SMILES string of the molecule is CC(C)(C)n1ncc2c1NC(=O)CC2C1=Cc2ccccc2OC1. The number of carbonyl (C=O) groups excluding carboxylic acids is 1. The molecular formula is C19H21N3O2. The maximum Gasteiger partial charge on any atom is 0.226 e. The topological polar surface area (TPSA) is 56.2 Å². The van der Waals surface area contributed by atoms with Crippen LogP contribution in [0.2, 0.25) is 0 Å². The van der Waals surface area contributed by atoms with Crippen LogP contribution in [0.1, 0.15) is 44.2 Å². The molecule has 1 N–H and O–H groups in total. The van der Waals surface area contributed by atoms with E-state index in [4.69, 9.17) is 4.74 Å². The molecular weight excluding hydrogens is 302 g/mol. The first-order valence-electron chi connectivity index (χ1n) is 8.24. The fraction of sp³-hybridized carbons (Fsp3) is 0.368. The van der Waals surface area contributed by atoms with Crippen molar-refractivity contribution in [2.24, 2.45) is 0 Å². The molecule has 0 radical (unpaired) electrons. The number of para-hydroxylation sites is 1. The minimum absolute atomic E-state index is 0.0122. The number of rotatable bonds is 1. The highest BCUT2D eigenvalue weighted by Crippen LogP contribution is 2.41. The Morgan fingerprint density at radius 3 is 2.88 bits per heavy atom. The van der Waals surface area contributed by atoms with E-state index in [1.807, 2.05) is 35.1 Å². The Balaban J connectivity index is 1.78. The number of amides is 1. The van der Waals surface area contributed by atoms with Gasteiger partial charge in [-0.1, -0.05) is 18.2 Å². The maximum absolute atomic E-state index is 12.3. The van der Waals surface area contributed by atoms with E-state index in [2.05, 4.69) is 37.3 Å². The van der Waals surface area contributed by atoms with Gasteiger partial charge in [-0.05, 0) is 38.5 Å². The second-order valence-electron chi connectivity index (χ2n) is 7.38. The van der Waals surface area contributed by atoms with Gasteiger partial charge in [-0.3, -0.25) is 4.79 Å². The van der Waals surface area contributed by atoms with Crippen LogP contribution in [0.3, 0.4) is 0 Å². The third kappa shape index (κ3) is 2.40. The number of nitrogens with zero attached hydrogens (tertiary/aromatic N) is 2. The maximum atomic E-state index is 12.3. The molecule has 0 aliphatic carbocycles. The van der Waals surface area contributed by atoms with Crippen LogP contribution in [0.5, 0.6) is 5.75 Å². The van der Waals surface area contributed by atoms with Crippen LogP contribution in [0, 0.1) is 0 Å². The third-order valence-electron chi connectivity index (χ3n) is 4.56. The number of ether oxygens (including phenoxy) is 1. The molecule has 0 saturated carbocycles. The van der Waals surface area contributed by atoms with Crippen molar-refractivity contribution in [1.82, 2.24) is 9.78 Å². The van der Waals surface area contributed by atoms with Crippen molar-refractivity contribution in [3.8, 4) is 5.75 Å². The number of benzene rings is 1.